The molecule has 2 aromatic heterocycles. The number of fused-ring (bicyclic) bond motifs is 2. The molecule has 226 valence electrons. The zero-order chi connectivity index (χ0) is 32.5. The number of benzene rings is 3. The van der Waals surface area contributed by atoms with Crippen molar-refractivity contribution in [1.29, 1.82) is 0 Å². The van der Waals surface area contributed by atoms with Gasteiger partial charge >= 0.3 is 0 Å². The van der Waals surface area contributed by atoms with E-state index in [9.17, 15) is 19.2 Å². The summed E-state index contributed by atoms with van der Waals surface area (Å²) in [5, 5.41) is 0. The fourth-order valence-electron chi connectivity index (χ4n) is 5.53. The lowest BCUT2D eigenvalue weighted by molar-refractivity contribution is 0.0978. The van der Waals surface area contributed by atoms with Crippen molar-refractivity contribution in [1.82, 2.24) is 0 Å². The molecule has 46 heavy (non-hydrogen) atoms. The second kappa shape index (κ2) is 12.8. The Kier molecular flexibility index (Phi) is 8.59. The molecule has 3 aromatic carbocycles. The molecule has 2 heterocycles. The first kappa shape index (κ1) is 31.0. The van der Waals surface area contributed by atoms with Gasteiger partial charge in [0.25, 0.3) is 0 Å². The molecule has 0 amide bonds. The lowest BCUT2D eigenvalue weighted by Gasteiger charge is -2.01. The molecular formula is C40H30O4S2. The minimum Gasteiger partial charge on any atom is -0.288 e. The van der Waals surface area contributed by atoms with Crippen LogP contribution in [0.5, 0.6) is 0 Å². The highest BCUT2D eigenvalue weighted by molar-refractivity contribution is 7.16. The van der Waals surface area contributed by atoms with Crippen molar-refractivity contribution in [2.75, 3.05) is 0 Å². The van der Waals surface area contributed by atoms with Gasteiger partial charge in [0.2, 0.25) is 0 Å². The molecule has 0 bridgehead atoms. The smallest absolute Gasteiger partial charge is 0.197 e. The van der Waals surface area contributed by atoms with Gasteiger partial charge in [0, 0.05) is 41.8 Å². The quantitative estimate of drug-likeness (QED) is 0.112. The third-order valence-electron chi connectivity index (χ3n) is 8.10. The van der Waals surface area contributed by atoms with Gasteiger partial charge in [0.05, 0.1) is 11.1 Å². The van der Waals surface area contributed by atoms with Crippen LogP contribution in [0, 0.1) is 13.8 Å². The minimum atomic E-state index is -0.428. The highest BCUT2D eigenvalue weighted by Gasteiger charge is 2.40. The fourth-order valence-corrected chi connectivity index (χ4v) is 7.62. The fraction of sp³-hybridized carbons (Fsp3) is 0.100. The standard InChI is InChI=1S/C36H22O4S2.C4H8/c1-19-7-3-5-9-23(19)31-13-11-21(41-31)15-29-33(37)25-17-27-28(18-26(25)34(29)38)36(40)30(35(27)39)16-22-12-14-32(42-22)24-10-6-4-8-20(24)2;1-3-4-2/h3-18H,1-2H3;3-4H,1-2H3/b;4-3+. The van der Waals surface area contributed by atoms with Gasteiger partial charge in [-0.3, -0.25) is 19.2 Å². The van der Waals surface area contributed by atoms with Crippen LogP contribution in [0.4, 0.5) is 0 Å². The van der Waals surface area contributed by atoms with Crippen LogP contribution in [0.3, 0.4) is 0 Å². The summed E-state index contributed by atoms with van der Waals surface area (Å²) in [6, 6.07) is 26.7. The summed E-state index contributed by atoms with van der Waals surface area (Å²) in [7, 11) is 0. The van der Waals surface area contributed by atoms with Crippen molar-refractivity contribution in [2.24, 2.45) is 0 Å². The summed E-state index contributed by atoms with van der Waals surface area (Å²) in [6.07, 6.45) is 7.22. The van der Waals surface area contributed by atoms with E-state index in [0.717, 1.165) is 41.8 Å². The second-order valence-electron chi connectivity index (χ2n) is 11.1. The van der Waals surface area contributed by atoms with Crippen LogP contribution in [0.2, 0.25) is 0 Å². The monoisotopic (exact) mass is 638 g/mol. The minimum absolute atomic E-state index is 0.0461. The van der Waals surface area contributed by atoms with E-state index in [1.807, 2.05) is 113 Å². The van der Waals surface area contributed by atoms with Gasteiger partial charge in [-0.2, -0.15) is 0 Å². The molecule has 4 nitrogen and oxygen atoms in total. The first-order chi connectivity index (χ1) is 22.2. The summed E-state index contributed by atoms with van der Waals surface area (Å²) >= 11 is 3.00. The summed E-state index contributed by atoms with van der Waals surface area (Å²) in [5.41, 5.74) is 5.25. The highest BCUT2D eigenvalue weighted by atomic mass is 32.1. The van der Waals surface area contributed by atoms with Gasteiger partial charge in [0.1, 0.15) is 0 Å². The summed E-state index contributed by atoms with van der Waals surface area (Å²) in [5.74, 6) is -1.71. The van der Waals surface area contributed by atoms with Gasteiger partial charge in [0.15, 0.2) is 23.1 Å². The number of rotatable bonds is 4. The zero-order valence-electron chi connectivity index (χ0n) is 25.8. The lowest BCUT2D eigenvalue weighted by Crippen LogP contribution is -2.01. The Morgan fingerprint density at radius 1 is 0.457 bits per heavy atom. The van der Waals surface area contributed by atoms with Crippen molar-refractivity contribution >= 4 is 58.0 Å². The lowest BCUT2D eigenvalue weighted by atomic mass is 10.0. The number of Topliss-reactive ketones (excluding diaryl/α,β-unsaturated/α-hetero) is 4. The molecule has 0 atom stereocenters. The van der Waals surface area contributed by atoms with Gasteiger partial charge < -0.3 is 0 Å². The molecule has 0 unspecified atom stereocenters. The number of aryl methyl sites for hydroxylation is 2. The summed E-state index contributed by atoms with van der Waals surface area (Å²) in [4.78, 5) is 57.1. The van der Waals surface area contributed by atoms with E-state index in [4.69, 9.17) is 0 Å². The average molecular weight is 639 g/mol. The molecular weight excluding hydrogens is 609 g/mol. The van der Waals surface area contributed by atoms with Crippen molar-refractivity contribution in [2.45, 2.75) is 27.7 Å². The Balaban J connectivity index is 0.000000879. The van der Waals surface area contributed by atoms with Crippen molar-refractivity contribution in [3.63, 3.8) is 0 Å². The predicted octanol–water partition coefficient (Wildman–Crippen LogP) is 10.3. The number of carbonyl (C=O) groups excluding carboxylic acids is 4. The van der Waals surface area contributed by atoms with Crippen molar-refractivity contribution in [3.8, 4) is 20.9 Å². The number of hydrogen-bond acceptors (Lipinski definition) is 6. The van der Waals surface area contributed by atoms with Gasteiger partial charge in [-0.25, -0.2) is 0 Å². The Bertz CT molecular complexity index is 1960. The van der Waals surface area contributed by atoms with Crippen LogP contribution in [-0.4, -0.2) is 23.1 Å². The van der Waals surface area contributed by atoms with Gasteiger partial charge in [-0.15, -0.1) is 22.7 Å². The first-order valence-electron chi connectivity index (χ1n) is 14.9. The normalized spacial score (nSPS) is 13.7. The van der Waals surface area contributed by atoms with Crippen LogP contribution < -0.4 is 0 Å². The Hall–Kier alpha value is -5.04. The number of hydrogen-bond donors (Lipinski definition) is 0. The molecule has 2 aliphatic rings. The Morgan fingerprint density at radius 3 is 1.13 bits per heavy atom. The maximum atomic E-state index is 13.4. The van der Waals surface area contributed by atoms with Crippen LogP contribution in [0.25, 0.3) is 33.0 Å². The highest BCUT2D eigenvalue weighted by Crippen LogP contribution is 2.38. The molecule has 0 N–H and O–H groups in total. The third kappa shape index (κ3) is 5.62. The largest absolute Gasteiger partial charge is 0.288 e. The molecule has 6 heteroatoms. The maximum Gasteiger partial charge on any atom is 0.197 e. The molecule has 0 fully saturated rings. The molecule has 2 aliphatic carbocycles. The van der Waals surface area contributed by atoms with Crippen molar-refractivity contribution in [3.05, 3.63) is 151 Å². The second-order valence-corrected chi connectivity index (χ2v) is 13.3. The van der Waals surface area contributed by atoms with E-state index in [-0.39, 0.29) is 33.4 Å². The molecule has 0 saturated heterocycles. The number of allylic oxidation sites excluding steroid dienone is 4. The summed E-state index contributed by atoms with van der Waals surface area (Å²) < 4.78 is 0. The van der Waals surface area contributed by atoms with Crippen LogP contribution in [0.1, 0.15) is 76.2 Å². The van der Waals surface area contributed by atoms with E-state index in [2.05, 4.69) is 0 Å². The molecule has 0 spiro atoms. The average Bonchev–Trinajstić information content (AvgIpc) is 3.83. The van der Waals surface area contributed by atoms with E-state index in [1.165, 1.54) is 34.8 Å². The Morgan fingerprint density at radius 2 is 0.804 bits per heavy atom. The molecule has 0 aliphatic heterocycles. The predicted molar refractivity (Wildman–Crippen MR) is 189 cm³/mol. The number of carbonyl (C=O) groups is 4. The van der Waals surface area contributed by atoms with Crippen LogP contribution in [0.15, 0.2) is 108 Å². The number of ketones is 4. The Labute approximate surface area is 276 Å². The SMILES string of the molecule is C/C=C/C.Cc1ccccc1-c1ccc(C=C2C(=O)c3cc4c(cc3C2=O)C(=O)C(=Cc2ccc(-c3ccccc3C)s2)C4=O)s1. The van der Waals surface area contributed by atoms with E-state index >= 15 is 0 Å². The third-order valence-corrected chi connectivity index (χ3v) is 10.2. The first-order valence-corrected chi connectivity index (χ1v) is 16.5. The molecule has 5 aromatic rings. The van der Waals surface area contributed by atoms with E-state index in [0.29, 0.717) is 0 Å². The van der Waals surface area contributed by atoms with Gasteiger partial charge in [-0.05, 0) is 98.5 Å². The molecule has 0 saturated carbocycles. The van der Waals surface area contributed by atoms with E-state index < -0.39 is 23.1 Å². The number of thiophene rings is 2. The van der Waals surface area contributed by atoms with Crippen LogP contribution >= 0.6 is 22.7 Å². The van der Waals surface area contributed by atoms with Gasteiger partial charge in [-0.1, -0.05) is 60.7 Å². The summed E-state index contributed by atoms with van der Waals surface area (Å²) in [6.45, 7) is 8.08. The topological polar surface area (TPSA) is 68.3 Å². The zero-order valence-corrected chi connectivity index (χ0v) is 27.5. The molecule has 0 radical (unpaired) electrons. The van der Waals surface area contributed by atoms with E-state index in [1.54, 1.807) is 12.2 Å². The maximum absolute atomic E-state index is 13.4. The van der Waals surface area contributed by atoms with Crippen LogP contribution in [-0.2, 0) is 0 Å². The molecule has 7 rings (SSSR count). The van der Waals surface area contributed by atoms with Crippen molar-refractivity contribution < 1.29 is 19.2 Å².